The highest BCUT2D eigenvalue weighted by Gasteiger charge is 1.95. The van der Waals surface area contributed by atoms with E-state index in [1.54, 1.807) is 0 Å². The second-order valence-corrected chi connectivity index (χ2v) is 4.66. The maximum absolute atomic E-state index is 5.09. The molecule has 0 amide bonds. The van der Waals surface area contributed by atoms with Gasteiger partial charge in [-0.1, -0.05) is 6.92 Å². The Balaban J connectivity index is 2.89. The normalized spacial score (nSPS) is 14.5. The van der Waals surface area contributed by atoms with E-state index in [9.17, 15) is 0 Å². The van der Waals surface area contributed by atoms with E-state index in [1.165, 1.54) is 18.9 Å². The van der Waals surface area contributed by atoms with Gasteiger partial charge in [0.15, 0.2) is 9.76 Å². The van der Waals surface area contributed by atoms with Gasteiger partial charge in [-0.3, -0.25) is 0 Å². The second-order valence-electron chi connectivity index (χ2n) is 2.96. The summed E-state index contributed by atoms with van der Waals surface area (Å²) in [7, 11) is 1.64. The lowest BCUT2D eigenvalue weighted by Gasteiger charge is -2.09. The summed E-state index contributed by atoms with van der Waals surface area (Å²) >= 11 is 0. The van der Waals surface area contributed by atoms with Gasteiger partial charge in [0.2, 0.25) is 0 Å². The third-order valence-electron chi connectivity index (χ3n) is 1.88. The van der Waals surface area contributed by atoms with Crippen molar-refractivity contribution >= 4 is 9.76 Å². The van der Waals surface area contributed by atoms with Gasteiger partial charge in [-0.15, -0.1) is 0 Å². The number of hydrogen-bond acceptors (Lipinski definition) is 2. The van der Waals surface area contributed by atoms with Gasteiger partial charge in [0.05, 0.1) is 0 Å². The van der Waals surface area contributed by atoms with Crippen LogP contribution < -0.4 is 5.32 Å². The quantitative estimate of drug-likeness (QED) is 0.459. The fraction of sp³-hybridized carbons (Fsp3) is 1.00. The van der Waals surface area contributed by atoms with Gasteiger partial charge in [0.25, 0.3) is 0 Å². The standard InChI is InChI=1S/C8H21NOSi/c1-4-8(2)9-6-5-7-11-10-3/h8-9H,4-7,11H2,1-3H3. The summed E-state index contributed by atoms with van der Waals surface area (Å²) in [5.41, 5.74) is 0. The molecule has 2 nitrogen and oxygen atoms in total. The average molecular weight is 175 g/mol. The lowest BCUT2D eigenvalue weighted by atomic mass is 10.2. The first-order valence-corrected chi connectivity index (χ1v) is 6.11. The Morgan fingerprint density at radius 1 is 1.55 bits per heavy atom. The Labute approximate surface area is 72.7 Å². The van der Waals surface area contributed by atoms with Crippen LogP contribution in [0.4, 0.5) is 0 Å². The van der Waals surface area contributed by atoms with Gasteiger partial charge in [-0.05, 0) is 32.4 Å². The molecule has 0 rings (SSSR count). The number of nitrogens with one attached hydrogen (secondary N) is 1. The largest absolute Gasteiger partial charge is 0.427 e. The van der Waals surface area contributed by atoms with Crippen LogP contribution in [0.5, 0.6) is 0 Å². The molecule has 1 atom stereocenters. The molecule has 0 spiro atoms. The Hall–Kier alpha value is 0.137. The zero-order valence-electron chi connectivity index (χ0n) is 8.02. The van der Waals surface area contributed by atoms with Crippen LogP contribution in [0.25, 0.3) is 0 Å². The Bertz CT molecular complexity index is 80.5. The van der Waals surface area contributed by atoms with Crippen molar-refractivity contribution in [2.75, 3.05) is 13.7 Å². The summed E-state index contributed by atoms with van der Waals surface area (Å²) in [6.45, 7) is 5.60. The summed E-state index contributed by atoms with van der Waals surface area (Å²) in [4.78, 5) is 0. The Morgan fingerprint density at radius 3 is 2.82 bits per heavy atom. The summed E-state index contributed by atoms with van der Waals surface area (Å²) in [5, 5.41) is 3.46. The third kappa shape index (κ3) is 8.04. The van der Waals surface area contributed by atoms with Crippen molar-refractivity contribution in [1.82, 2.24) is 5.32 Å². The Kier molecular flexibility index (Phi) is 8.34. The van der Waals surface area contributed by atoms with E-state index in [1.807, 2.05) is 7.11 Å². The van der Waals surface area contributed by atoms with Crippen LogP contribution in [0.3, 0.4) is 0 Å². The molecule has 0 aliphatic carbocycles. The van der Waals surface area contributed by atoms with Crippen LogP contribution in [0, 0.1) is 0 Å². The molecule has 0 aromatic heterocycles. The van der Waals surface area contributed by atoms with Crippen LogP contribution >= 0.6 is 0 Å². The van der Waals surface area contributed by atoms with Crippen molar-refractivity contribution in [1.29, 1.82) is 0 Å². The van der Waals surface area contributed by atoms with Crippen molar-refractivity contribution < 1.29 is 4.43 Å². The van der Waals surface area contributed by atoms with Crippen molar-refractivity contribution in [2.24, 2.45) is 0 Å². The molecule has 0 heterocycles. The van der Waals surface area contributed by atoms with Crippen LogP contribution in [0.2, 0.25) is 6.04 Å². The topological polar surface area (TPSA) is 21.3 Å². The van der Waals surface area contributed by atoms with E-state index in [-0.39, 0.29) is 9.76 Å². The number of hydrogen-bond donors (Lipinski definition) is 1. The summed E-state index contributed by atoms with van der Waals surface area (Å²) in [6, 6.07) is 1.99. The zero-order valence-corrected chi connectivity index (χ0v) is 9.44. The highest BCUT2D eigenvalue weighted by Crippen LogP contribution is 1.90. The van der Waals surface area contributed by atoms with Gasteiger partial charge >= 0.3 is 0 Å². The molecule has 0 aliphatic rings. The van der Waals surface area contributed by atoms with Crippen molar-refractivity contribution in [3.63, 3.8) is 0 Å². The van der Waals surface area contributed by atoms with Crippen molar-refractivity contribution in [3.05, 3.63) is 0 Å². The van der Waals surface area contributed by atoms with E-state index in [2.05, 4.69) is 19.2 Å². The lowest BCUT2D eigenvalue weighted by Crippen LogP contribution is -2.26. The zero-order chi connectivity index (χ0) is 8.53. The molecule has 68 valence electrons. The molecule has 0 aromatic rings. The lowest BCUT2D eigenvalue weighted by molar-refractivity contribution is 0.437. The first kappa shape index (κ1) is 11.1. The number of rotatable bonds is 7. The molecule has 0 radical (unpaired) electrons. The van der Waals surface area contributed by atoms with Crippen LogP contribution in [-0.2, 0) is 4.43 Å². The molecule has 0 bridgehead atoms. The van der Waals surface area contributed by atoms with Gasteiger partial charge in [-0.2, -0.15) is 0 Å². The van der Waals surface area contributed by atoms with E-state index >= 15 is 0 Å². The maximum Gasteiger partial charge on any atom is 0.161 e. The molecule has 0 aromatic carbocycles. The van der Waals surface area contributed by atoms with Gasteiger partial charge < -0.3 is 9.74 Å². The molecular formula is C8H21NOSi. The molecule has 1 unspecified atom stereocenters. The highest BCUT2D eigenvalue weighted by molar-refractivity contribution is 6.26. The van der Waals surface area contributed by atoms with Crippen LogP contribution in [0.1, 0.15) is 26.7 Å². The van der Waals surface area contributed by atoms with Gasteiger partial charge in [0.1, 0.15) is 0 Å². The molecule has 0 fully saturated rings. The van der Waals surface area contributed by atoms with Crippen LogP contribution in [0.15, 0.2) is 0 Å². The minimum absolute atomic E-state index is 0.169. The molecule has 0 saturated carbocycles. The van der Waals surface area contributed by atoms with Crippen molar-refractivity contribution in [2.45, 2.75) is 38.8 Å². The minimum atomic E-state index is -0.169. The molecule has 0 aliphatic heterocycles. The molecular weight excluding hydrogens is 154 g/mol. The molecule has 3 heteroatoms. The molecule has 1 N–H and O–H groups in total. The third-order valence-corrected chi connectivity index (χ3v) is 3.08. The first-order chi connectivity index (χ1) is 5.31. The van der Waals surface area contributed by atoms with Gasteiger partial charge in [0, 0.05) is 13.2 Å². The highest BCUT2D eigenvalue weighted by atomic mass is 28.2. The average Bonchev–Trinajstić information content (AvgIpc) is 2.04. The molecule has 11 heavy (non-hydrogen) atoms. The first-order valence-electron chi connectivity index (χ1n) is 4.53. The fourth-order valence-corrected chi connectivity index (χ4v) is 1.61. The summed E-state index contributed by atoms with van der Waals surface area (Å²) < 4.78 is 5.09. The fourth-order valence-electron chi connectivity index (χ4n) is 0.864. The second kappa shape index (κ2) is 8.24. The maximum atomic E-state index is 5.09. The van der Waals surface area contributed by atoms with E-state index in [0.29, 0.717) is 6.04 Å². The summed E-state index contributed by atoms with van der Waals surface area (Å²) in [6.07, 6.45) is 2.51. The smallest absolute Gasteiger partial charge is 0.161 e. The van der Waals surface area contributed by atoms with Crippen molar-refractivity contribution in [3.8, 4) is 0 Å². The predicted octanol–water partition coefficient (Wildman–Crippen LogP) is 0.913. The monoisotopic (exact) mass is 175 g/mol. The molecule has 0 saturated heterocycles. The van der Waals surface area contributed by atoms with E-state index in [4.69, 9.17) is 4.43 Å². The van der Waals surface area contributed by atoms with E-state index in [0.717, 1.165) is 6.54 Å². The minimum Gasteiger partial charge on any atom is -0.427 e. The van der Waals surface area contributed by atoms with E-state index < -0.39 is 0 Å². The SMILES string of the molecule is CCC(C)NCCC[SiH2]OC. The Morgan fingerprint density at radius 2 is 2.27 bits per heavy atom. The summed E-state index contributed by atoms with van der Waals surface area (Å²) in [5.74, 6) is 0. The predicted molar refractivity (Wildman–Crippen MR) is 52.7 cm³/mol. The van der Waals surface area contributed by atoms with Gasteiger partial charge in [-0.25, -0.2) is 0 Å². The van der Waals surface area contributed by atoms with Crippen LogP contribution in [-0.4, -0.2) is 29.5 Å².